The van der Waals surface area contributed by atoms with Crippen molar-refractivity contribution in [2.45, 2.75) is 13.5 Å². The van der Waals surface area contributed by atoms with Crippen molar-refractivity contribution >= 4 is 16.9 Å². The Labute approximate surface area is 158 Å². The van der Waals surface area contributed by atoms with E-state index in [2.05, 4.69) is 10.4 Å². The lowest BCUT2D eigenvalue weighted by Crippen LogP contribution is -2.32. The first-order chi connectivity index (χ1) is 13.2. The van der Waals surface area contributed by atoms with Crippen LogP contribution in [0.2, 0.25) is 0 Å². The number of hydrogen-bond donors (Lipinski definition) is 1. The third-order valence-corrected chi connectivity index (χ3v) is 5.89. The first kappa shape index (κ1) is 16.4. The van der Waals surface area contributed by atoms with Crippen LogP contribution < -0.4 is 5.32 Å². The minimum Gasteiger partial charge on any atom is -0.338 e. The molecule has 0 radical (unpaired) electrons. The Morgan fingerprint density at radius 2 is 1.93 bits per heavy atom. The number of aromatic nitrogens is 3. The normalized spacial score (nSPS) is 21.7. The monoisotopic (exact) mass is 361 g/mol. The van der Waals surface area contributed by atoms with Gasteiger partial charge in [0.15, 0.2) is 5.65 Å². The summed E-state index contributed by atoms with van der Waals surface area (Å²) in [5.41, 5.74) is 3.33. The van der Waals surface area contributed by atoms with Crippen molar-refractivity contribution in [1.29, 1.82) is 0 Å². The number of nitrogens with one attached hydrogen (secondary N) is 1. The molecule has 2 atom stereocenters. The van der Waals surface area contributed by atoms with Gasteiger partial charge in [0.25, 0.3) is 5.91 Å². The van der Waals surface area contributed by atoms with E-state index in [4.69, 9.17) is 4.98 Å². The zero-order chi connectivity index (χ0) is 18.4. The predicted molar refractivity (Wildman–Crippen MR) is 104 cm³/mol. The first-order valence-corrected chi connectivity index (χ1v) is 9.66. The van der Waals surface area contributed by atoms with Gasteiger partial charge in [-0.2, -0.15) is 5.10 Å². The van der Waals surface area contributed by atoms with Gasteiger partial charge in [-0.25, -0.2) is 9.67 Å². The zero-order valence-electron chi connectivity index (χ0n) is 15.4. The third-order valence-electron chi connectivity index (χ3n) is 5.89. The van der Waals surface area contributed by atoms with Gasteiger partial charge in [0.2, 0.25) is 0 Å². The molecule has 2 aliphatic heterocycles. The second-order valence-corrected chi connectivity index (χ2v) is 7.51. The summed E-state index contributed by atoms with van der Waals surface area (Å²) in [5, 5.41) is 8.73. The highest BCUT2D eigenvalue weighted by Crippen LogP contribution is 2.30. The molecule has 4 heterocycles. The number of rotatable bonds is 3. The minimum absolute atomic E-state index is 0.102. The summed E-state index contributed by atoms with van der Waals surface area (Å²) in [7, 11) is 0. The number of aryl methyl sites for hydroxylation is 1. The molecule has 1 N–H and O–H groups in total. The van der Waals surface area contributed by atoms with E-state index in [9.17, 15) is 4.79 Å². The summed E-state index contributed by atoms with van der Waals surface area (Å²) in [6.45, 7) is 6.47. The molecule has 1 amide bonds. The zero-order valence-corrected chi connectivity index (χ0v) is 15.4. The van der Waals surface area contributed by atoms with Crippen LogP contribution in [0.15, 0.2) is 42.6 Å². The van der Waals surface area contributed by atoms with E-state index in [0.29, 0.717) is 17.4 Å². The highest BCUT2D eigenvalue weighted by atomic mass is 16.2. The van der Waals surface area contributed by atoms with Gasteiger partial charge >= 0.3 is 0 Å². The maximum Gasteiger partial charge on any atom is 0.254 e. The maximum atomic E-state index is 13.4. The fourth-order valence-corrected chi connectivity index (χ4v) is 4.40. The lowest BCUT2D eigenvalue weighted by atomic mass is 10.0. The van der Waals surface area contributed by atoms with Crippen molar-refractivity contribution in [3.63, 3.8) is 0 Å². The number of carbonyl (C=O) groups excluding carboxylic acids is 1. The highest BCUT2D eigenvalue weighted by molar-refractivity contribution is 6.06. The Balaban J connectivity index is 1.60. The fourth-order valence-electron chi connectivity index (χ4n) is 4.40. The van der Waals surface area contributed by atoms with Gasteiger partial charge in [0.1, 0.15) is 0 Å². The fraction of sp³-hybridized carbons (Fsp3) is 0.381. The predicted octanol–water partition coefficient (Wildman–Crippen LogP) is 2.41. The van der Waals surface area contributed by atoms with Crippen molar-refractivity contribution in [2.24, 2.45) is 11.8 Å². The summed E-state index contributed by atoms with van der Waals surface area (Å²) >= 11 is 0. The van der Waals surface area contributed by atoms with Crippen LogP contribution in [0.25, 0.3) is 22.3 Å². The number of likely N-dealkylation sites (tertiary alicyclic amines) is 1. The molecule has 0 unspecified atom stereocenters. The lowest BCUT2D eigenvalue weighted by Gasteiger charge is -2.18. The number of carbonyl (C=O) groups is 1. The van der Waals surface area contributed by atoms with Crippen LogP contribution in [-0.4, -0.2) is 51.8 Å². The van der Waals surface area contributed by atoms with Gasteiger partial charge in [-0.05, 0) is 24.8 Å². The molecule has 0 spiro atoms. The number of fused-ring (bicyclic) bond motifs is 2. The van der Waals surface area contributed by atoms with Gasteiger partial charge in [-0.1, -0.05) is 30.3 Å². The van der Waals surface area contributed by atoms with Gasteiger partial charge in [-0.15, -0.1) is 0 Å². The second-order valence-electron chi connectivity index (χ2n) is 7.51. The standard InChI is InChI=1S/C21H23N5O/c1-2-26-20-18(11-23-26)17(8-19(24-20)14-6-4-3-5-7-14)21(27)25-12-15-9-22-10-16(15)13-25/h3-8,11,15-16,22H,2,9-10,12-13H2,1H3/t15-,16+. The minimum atomic E-state index is 0.102. The van der Waals surface area contributed by atoms with Crippen LogP contribution in [0.5, 0.6) is 0 Å². The number of pyridine rings is 1. The molecule has 6 heteroatoms. The molecule has 2 aliphatic rings. The lowest BCUT2D eigenvalue weighted by molar-refractivity contribution is 0.0783. The van der Waals surface area contributed by atoms with Crippen LogP contribution in [0.1, 0.15) is 17.3 Å². The summed E-state index contributed by atoms with van der Waals surface area (Å²) in [6.07, 6.45) is 1.78. The Kier molecular flexibility index (Phi) is 3.93. The SMILES string of the molecule is CCn1ncc2c(C(=O)N3C[C@H]4CNC[C@H]4C3)cc(-c3ccccc3)nc21. The number of amides is 1. The van der Waals surface area contributed by atoms with Crippen molar-refractivity contribution in [2.75, 3.05) is 26.2 Å². The average Bonchev–Trinajstić information content (AvgIpc) is 3.41. The molecule has 2 fully saturated rings. The van der Waals surface area contributed by atoms with E-state index in [1.165, 1.54) is 0 Å². The van der Waals surface area contributed by atoms with E-state index in [1.807, 2.05) is 52.9 Å². The molecular weight excluding hydrogens is 338 g/mol. The highest BCUT2D eigenvalue weighted by Gasteiger charge is 2.38. The molecule has 27 heavy (non-hydrogen) atoms. The number of benzene rings is 1. The molecule has 6 nitrogen and oxygen atoms in total. The first-order valence-electron chi connectivity index (χ1n) is 9.66. The van der Waals surface area contributed by atoms with Crippen LogP contribution in [-0.2, 0) is 6.54 Å². The van der Waals surface area contributed by atoms with E-state index in [-0.39, 0.29) is 5.91 Å². The maximum absolute atomic E-state index is 13.4. The topological polar surface area (TPSA) is 63.1 Å². The quantitative estimate of drug-likeness (QED) is 0.778. The molecule has 1 aromatic carbocycles. The van der Waals surface area contributed by atoms with Crippen molar-refractivity contribution < 1.29 is 4.79 Å². The van der Waals surface area contributed by atoms with E-state index >= 15 is 0 Å². The summed E-state index contributed by atoms with van der Waals surface area (Å²) < 4.78 is 1.86. The van der Waals surface area contributed by atoms with Crippen molar-refractivity contribution in [1.82, 2.24) is 25.0 Å². The molecule has 2 aromatic heterocycles. The van der Waals surface area contributed by atoms with E-state index in [1.54, 1.807) is 6.20 Å². The van der Waals surface area contributed by atoms with Crippen LogP contribution >= 0.6 is 0 Å². The Hall–Kier alpha value is -2.73. The molecule has 5 rings (SSSR count). The summed E-state index contributed by atoms with van der Waals surface area (Å²) in [6, 6.07) is 12.0. The third kappa shape index (κ3) is 2.72. The Morgan fingerprint density at radius 3 is 2.63 bits per heavy atom. The molecule has 0 bridgehead atoms. The molecule has 138 valence electrons. The van der Waals surface area contributed by atoms with Gasteiger partial charge in [0, 0.05) is 38.3 Å². The largest absolute Gasteiger partial charge is 0.338 e. The van der Waals surface area contributed by atoms with Crippen molar-refractivity contribution in [3.8, 4) is 11.3 Å². The summed E-state index contributed by atoms with van der Waals surface area (Å²) in [5.74, 6) is 1.26. The summed E-state index contributed by atoms with van der Waals surface area (Å²) in [4.78, 5) is 20.3. The van der Waals surface area contributed by atoms with E-state index < -0.39 is 0 Å². The molecule has 2 saturated heterocycles. The second kappa shape index (κ2) is 6.46. The molecule has 0 saturated carbocycles. The Bertz CT molecular complexity index is 984. The van der Waals surface area contributed by atoms with Crippen LogP contribution in [0, 0.1) is 11.8 Å². The smallest absolute Gasteiger partial charge is 0.254 e. The van der Waals surface area contributed by atoms with Crippen LogP contribution in [0.4, 0.5) is 0 Å². The van der Waals surface area contributed by atoms with Gasteiger partial charge < -0.3 is 10.2 Å². The Morgan fingerprint density at radius 1 is 1.19 bits per heavy atom. The van der Waals surface area contributed by atoms with Gasteiger partial charge in [-0.3, -0.25) is 4.79 Å². The molecular formula is C21H23N5O. The average molecular weight is 361 g/mol. The van der Waals surface area contributed by atoms with Crippen LogP contribution in [0.3, 0.4) is 0 Å². The molecule has 0 aliphatic carbocycles. The van der Waals surface area contributed by atoms with Crippen molar-refractivity contribution in [3.05, 3.63) is 48.2 Å². The molecule has 3 aromatic rings. The van der Waals surface area contributed by atoms with Gasteiger partial charge in [0.05, 0.1) is 22.8 Å². The van der Waals surface area contributed by atoms with E-state index in [0.717, 1.165) is 55.0 Å². The number of nitrogens with zero attached hydrogens (tertiary/aromatic N) is 4. The number of hydrogen-bond acceptors (Lipinski definition) is 4.